The van der Waals surface area contributed by atoms with E-state index in [1.165, 1.54) is 0 Å². The zero-order chi connectivity index (χ0) is 14.9. The van der Waals surface area contributed by atoms with E-state index in [-0.39, 0.29) is 11.6 Å². The molecule has 21 heavy (non-hydrogen) atoms. The van der Waals surface area contributed by atoms with Crippen molar-refractivity contribution in [1.82, 2.24) is 5.32 Å². The summed E-state index contributed by atoms with van der Waals surface area (Å²) < 4.78 is 37.7. The van der Waals surface area contributed by atoms with Gasteiger partial charge in [-0.3, -0.25) is 4.79 Å². The number of nitrogens with one attached hydrogen (secondary N) is 1. The summed E-state index contributed by atoms with van der Waals surface area (Å²) in [4.78, 5) is 12.1. The minimum Gasteiger partial charge on any atom is -0.349 e. The quantitative estimate of drug-likeness (QED) is 0.911. The number of hydrogen-bond acceptors (Lipinski definition) is 3. The van der Waals surface area contributed by atoms with Crippen LogP contribution in [-0.4, -0.2) is 30.9 Å². The molecule has 1 aromatic rings. The number of rotatable bonds is 2. The van der Waals surface area contributed by atoms with Gasteiger partial charge < -0.3 is 14.8 Å². The molecule has 1 spiro atoms. The summed E-state index contributed by atoms with van der Waals surface area (Å²) >= 11 is 0. The van der Waals surface area contributed by atoms with E-state index in [0.29, 0.717) is 25.7 Å². The lowest BCUT2D eigenvalue weighted by molar-refractivity contribution is -0.181. The first-order valence-electron chi connectivity index (χ1n) is 7.12. The Morgan fingerprint density at radius 3 is 2.76 bits per heavy atom. The molecule has 6 heteroatoms. The van der Waals surface area contributed by atoms with Crippen LogP contribution in [0.4, 0.5) is 8.78 Å². The molecule has 2 aliphatic rings. The number of ether oxygens (including phenoxy) is 2. The predicted molar refractivity (Wildman–Crippen MR) is 70.7 cm³/mol. The summed E-state index contributed by atoms with van der Waals surface area (Å²) in [6.07, 6.45) is 3.03. The fraction of sp³-hybridized carbons (Fsp3) is 0.533. The number of carbonyl (C=O) groups is 1. The molecule has 4 nitrogen and oxygen atoms in total. The average Bonchev–Trinajstić information content (AvgIpc) is 2.86. The van der Waals surface area contributed by atoms with E-state index in [9.17, 15) is 13.6 Å². The Hall–Kier alpha value is -1.53. The first kappa shape index (κ1) is 14.4. The van der Waals surface area contributed by atoms with Gasteiger partial charge in [0.05, 0.1) is 18.8 Å². The van der Waals surface area contributed by atoms with Crippen molar-refractivity contribution < 1.29 is 23.0 Å². The van der Waals surface area contributed by atoms with E-state index in [4.69, 9.17) is 9.47 Å². The number of hydrogen-bond donors (Lipinski definition) is 1. The van der Waals surface area contributed by atoms with Gasteiger partial charge in [0.2, 0.25) is 0 Å². The predicted octanol–water partition coefficient (Wildman–Crippen LogP) is 2.38. The lowest BCUT2D eigenvalue weighted by atomic mass is 9.89. The lowest BCUT2D eigenvalue weighted by Gasteiger charge is -2.36. The van der Waals surface area contributed by atoms with Crippen LogP contribution in [-0.2, 0) is 9.47 Å². The molecule has 1 saturated carbocycles. The van der Waals surface area contributed by atoms with Gasteiger partial charge in [-0.25, -0.2) is 8.78 Å². The van der Waals surface area contributed by atoms with Gasteiger partial charge in [0, 0.05) is 24.9 Å². The highest BCUT2D eigenvalue weighted by molar-refractivity contribution is 5.94. The summed E-state index contributed by atoms with van der Waals surface area (Å²) in [6, 6.07) is 2.80. The largest absolute Gasteiger partial charge is 0.349 e. The first-order valence-corrected chi connectivity index (χ1v) is 7.12. The third-order valence-electron chi connectivity index (χ3n) is 3.99. The van der Waals surface area contributed by atoms with Gasteiger partial charge in [0.1, 0.15) is 11.6 Å². The molecule has 3 rings (SSSR count). The molecular formula is C15H17F2NO3. The Balaban J connectivity index is 1.67. The molecule has 1 aliphatic heterocycles. The fourth-order valence-corrected chi connectivity index (χ4v) is 3.02. The summed E-state index contributed by atoms with van der Waals surface area (Å²) in [5, 5.41) is 2.79. The molecular weight excluding hydrogens is 280 g/mol. The van der Waals surface area contributed by atoms with Crippen LogP contribution in [0.15, 0.2) is 18.2 Å². The van der Waals surface area contributed by atoms with Gasteiger partial charge in [-0.2, -0.15) is 0 Å². The molecule has 1 atom stereocenters. The Morgan fingerprint density at radius 1 is 1.29 bits per heavy atom. The van der Waals surface area contributed by atoms with Crippen LogP contribution in [0, 0.1) is 11.6 Å². The van der Waals surface area contributed by atoms with Crippen LogP contribution in [0.1, 0.15) is 36.0 Å². The Bertz CT molecular complexity index is 544. The van der Waals surface area contributed by atoms with E-state index in [0.717, 1.165) is 31.4 Å². The summed E-state index contributed by atoms with van der Waals surface area (Å²) in [6.45, 7) is 1.13. The van der Waals surface area contributed by atoms with Crippen molar-refractivity contribution >= 4 is 5.91 Å². The van der Waals surface area contributed by atoms with Crippen LogP contribution in [0.5, 0.6) is 0 Å². The second-order valence-electron chi connectivity index (χ2n) is 5.50. The minimum absolute atomic E-state index is 0.131. The maximum atomic E-state index is 13.6. The van der Waals surface area contributed by atoms with Gasteiger partial charge in [-0.15, -0.1) is 0 Å². The third kappa shape index (κ3) is 3.06. The Morgan fingerprint density at radius 2 is 2.05 bits per heavy atom. The van der Waals surface area contributed by atoms with E-state index in [1.54, 1.807) is 0 Å². The molecule has 1 aliphatic carbocycles. The molecule has 0 radical (unpaired) electrons. The van der Waals surface area contributed by atoms with Crippen LogP contribution in [0.25, 0.3) is 0 Å². The molecule has 1 amide bonds. The van der Waals surface area contributed by atoms with Crippen molar-refractivity contribution in [3.63, 3.8) is 0 Å². The maximum absolute atomic E-state index is 13.6. The normalized spacial score (nSPS) is 24.2. The second kappa shape index (κ2) is 5.69. The minimum atomic E-state index is -0.855. The molecule has 114 valence electrons. The van der Waals surface area contributed by atoms with Gasteiger partial charge >= 0.3 is 0 Å². The lowest BCUT2D eigenvalue weighted by Crippen LogP contribution is -2.46. The van der Waals surface area contributed by atoms with Gasteiger partial charge in [0.25, 0.3) is 5.91 Å². The molecule has 1 saturated heterocycles. The molecule has 0 bridgehead atoms. The molecule has 1 heterocycles. The van der Waals surface area contributed by atoms with Gasteiger partial charge in [0.15, 0.2) is 5.79 Å². The van der Waals surface area contributed by atoms with Crippen molar-refractivity contribution in [3.05, 3.63) is 35.4 Å². The van der Waals surface area contributed by atoms with Gasteiger partial charge in [-0.1, -0.05) is 0 Å². The molecule has 0 unspecified atom stereocenters. The number of benzene rings is 1. The second-order valence-corrected chi connectivity index (χ2v) is 5.50. The van der Waals surface area contributed by atoms with Gasteiger partial charge in [-0.05, 0) is 25.0 Å². The van der Waals surface area contributed by atoms with Crippen molar-refractivity contribution in [1.29, 1.82) is 0 Å². The van der Waals surface area contributed by atoms with E-state index in [1.807, 2.05) is 0 Å². The Kier molecular flexibility index (Phi) is 3.91. The first-order chi connectivity index (χ1) is 10.1. The number of halogens is 2. The smallest absolute Gasteiger partial charge is 0.254 e. The van der Waals surface area contributed by atoms with Crippen molar-refractivity contribution in [2.45, 2.75) is 37.5 Å². The van der Waals surface area contributed by atoms with Crippen LogP contribution in [0.2, 0.25) is 0 Å². The van der Waals surface area contributed by atoms with Crippen LogP contribution >= 0.6 is 0 Å². The fourth-order valence-electron chi connectivity index (χ4n) is 3.02. The van der Waals surface area contributed by atoms with E-state index >= 15 is 0 Å². The van der Waals surface area contributed by atoms with E-state index < -0.39 is 23.3 Å². The summed E-state index contributed by atoms with van der Waals surface area (Å²) in [7, 11) is 0. The average molecular weight is 297 g/mol. The number of carbonyl (C=O) groups excluding carboxylic acids is 1. The standard InChI is InChI=1S/C15H17F2NO3/c16-10-3-4-12(13(17)8-10)14(19)18-11-2-1-5-15(9-11)20-6-7-21-15/h3-4,8,11H,1-2,5-7,9H2,(H,18,19)/t11-/m0/s1. The van der Waals surface area contributed by atoms with Crippen molar-refractivity contribution in [2.24, 2.45) is 0 Å². The van der Waals surface area contributed by atoms with Crippen molar-refractivity contribution in [2.75, 3.05) is 13.2 Å². The topological polar surface area (TPSA) is 47.6 Å². The zero-order valence-electron chi connectivity index (χ0n) is 11.5. The summed E-state index contributed by atoms with van der Waals surface area (Å²) in [5.74, 6) is -2.69. The van der Waals surface area contributed by atoms with Crippen LogP contribution < -0.4 is 5.32 Å². The molecule has 1 aromatic carbocycles. The van der Waals surface area contributed by atoms with Crippen LogP contribution in [0.3, 0.4) is 0 Å². The van der Waals surface area contributed by atoms with E-state index in [2.05, 4.69) is 5.32 Å². The molecule has 0 aromatic heterocycles. The molecule has 1 N–H and O–H groups in total. The highest BCUT2D eigenvalue weighted by Gasteiger charge is 2.41. The Labute approximate surface area is 121 Å². The zero-order valence-corrected chi connectivity index (χ0v) is 11.5. The monoisotopic (exact) mass is 297 g/mol. The molecule has 2 fully saturated rings. The SMILES string of the molecule is O=C(N[C@H]1CCCC2(C1)OCCO2)c1ccc(F)cc1F. The highest BCUT2D eigenvalue weighted by atomic mass is 19.1. The number of amides is 1. The maximum Gasteiger partial charge on any atom is 0.254 e. The third-order valence-corrected chi connectivity index (χ3v) is 3.99. The highest BCUT2D eigenvalue weighted by Crippen LogP contribution is 2.35. The summed E-state index contributed by atoms with van der Waals surface area (Å²) in [5.41, 5.74) is -0.149. The van der Waals surface area contributed by atoms with Crippen molar-refractivity contribution in [3.8, 4) is 0 Å².